The van der Waals surface area contributed by atoms with E-state index in [1.807, 2.05) is 0 Å². The van der Waals surface area contributed by atoms with Gasteiger partial charge in [0.1, 0.15) is 10.8 Å². The first-order valence-corrected chi connectivity index (χ1v) is 8.71. The zero-order chi connectivity index (χ0) is 19.7. The Balaban J connectivity index is 1.85. The van der Waals surface area contributed by atoms with Gasteiger partial charge in [-0.15, -0.1) is 0 Å². The smallest absolute Gasteiger partial charge is 0.291 e. The molecule has 1 N–H and O–H groups in total. The van der Waals surface area contributed by atoms with E-state index in [4.69, 9.17) is 39.2 Å². The number of rotatable bonds is 4. The number of nitrogens with one attached hydrogen (secondary N) is 1. The molecule has 0 radical (unpaired) electrons. The van der Waals surface area contributed by atoms with Crippen molar-refractivity contribution in [3.63, 3.8) is 0 Å². The Morgan fingerprint density at radius 3 is 2.48 bits per heavy atom. The van der Waals surface area contributed by atoms with Crippen LogP contribution in [0.15, 0.2) is 46.9 Å². The molecule has 0 spiro atoms. The standard InChI is InChI=1S/C18H11Cl3N2O4/c1-9-6-15(23(25)26)13(21)8-14(9)22-18(24)17-5-4-16(27-17)11-3-2-10(19)7-12(11)20/h2-8H,1H3,(H,22,24). The third-order valence-electron chi connectivity index (χ3n) is 3.77. The molecule has 0 saturated heterocycles. The van der Waals surface area contributed by atoms with Crippen LogP contribution in [0.25, 0.3) is 11.3 Å². The third-order valence-corrected chi connectivity index (χ3v) is 4.62. The monoisotopic (exact) mass is 424 g/mol. The molecular formula is C18H11Cl3N2O4. The van der Waals surface area contributed by atoms with Crippen molar-refractivity contribution in [3.8, 4) is 11.3 Å². The highest BCUT2D eigenvalue weighted by Crippen LogP contribution is 2.33. The van der Waals surface area contributed by atoms with Crippen molar-refractivity contribution >= 4 is 52.1 Å². The fourth-order valence-corrected chi connectivity index (χ4v) is 3.15. The summed E-state index contributed by atoms with van der Waals surface area (Å²) in [4.78, 5) is 22.8. The highest BCUT2D eigenvalue weighted by Gasteiger charge is 2.19. The molecule has 1 aromatic heterocycles. The van der Waals surface area contributed by atoms with Crippen molar-refractivity contribution in [2.24, 2.45) is 0 Å². The highest BCUT2D eigenvalue weighted by molar-refractivity contribution is 6.36. The first kappa shape index (κ1) is 19.2. The minimum atomic E-state index is -0.588. The largest absolute Gasteiger partial charge is 0.451 e. The fourth-order valence-electron chi connectivity index (χ4n) is 2.42. The highest BCUT2D eigenvalue weighted by atomic mass is 35.5. The Bertz CT molecular complexity index is 1060. The molecule has 3 aromatic rings. The maximum absolute atomic E-state index is 12.4. The molecule has 0 aliphatic carbocycles. The Morgan fingerprint density at radius 1 is 1.07 bits per heavy atom. The summed E-state index contributed by atoms with van der Waals surface area (Å²) in [7, 11) is 0. The molecule has 1 heterocycles. The number of nitro benzene ring substituents is 1. The summed E-state index contributed by atoms with van der Waals surface area (Å²) in [5, 5.41) is 14.3. The van der Waals surface area contributed by atoms with Crippen LogP contribution in [0, 0.1) is 17.0 Å². The predicted octanol–water partition coefficient (Wildman–Crippen LogP) is 6.38. The molecule has 138 valence electrons. The van der Waals surface area contributed by atoms with Gasteiger partial charge < -0.3 is 9.73 Å². The van der Waals surface area contributed by atoms with E-state index >= 15 is 0 Å². The molecule has 0 bridgehead atoms. The van der Waals surface area contributed by atoms with Gasteiger partial charge in [-0.05, 0) is 48.9 Å². The van der Waals surface area contributed by atoms with Gasteiger partial charge in [0.15, 0.2) is 5.76 Å². The van der Waals surface area contributed by atoms with E-state index in [1.54, 1.807) is 31.2 Å². The zero-order valence-electron chi connectivity index (χ0n) is 13.8. The first-order chi connectivity index (χ1) is 12.8. The number of carbonyl (C=O) groups excluding carboxylic acids is 1. The van der Waals surface area contributed by atoms with Crippen LogP contribution in [-0.2, 0) is 0 Å². The number of hydrogen-bond donors (Lipinski definition) is 1. The van der Waals surface area contributed by atoms with Gasteiger partial charge in [0.05, 0.1) is 9.95 Å². The van der Waals surface area contributed by atoms with Gasteiger partial charge >= 0.3 is 0 Å². The number of amides is 1. The van der Waals surface area contributed by atoms with E-state index in [1.165, 1.54) is 18.2 Å². The lowest BCUT2D eigenvalue weighted by molar-refractivity contribution is -0.384. The number of nitro groups is 1. The second-order valence-electron chi connectivity index (χ2n) is 5.62. The SMILES string of the molecule is Cc1cc([N+](=O)[O-])c(Cl)cc1NC(=O)c1ccc(-c2ccc(Cl)cc2Cl)o1. The lowest BCUT2D eigenvalue weighted by Gasteiger charge is -2.08. The normalized spacial score (nSPS) is 10.7. The van der Waals surface area contributed by atoms with Crippen molar-refractivity contribution in [1.29, 1.82) is 0 Å². The van der Waals surface area contributed by atoms with Crippen LogP contribution in [0.5, 0.6) is 0 Å². The van der Waals surface area contributed by atoms with E-state index in [0.29, 0.717) is 32.6 Å². The third kappa shape index (κ3) is 4.08. The summed E-state index contributed by atoms with van der Waals surface area (Å²) in [5.41, 5.74) is 1.20. The van der Waals surface area contributed by atoms with Crippen LogP contribution in [0.1, 0.15) is 16.1 Å². The lowest BCUT2D eigenvalue weighted by atomic mass is 10.1. The Hall–Kier alpha value is -2.54. The van der Waals surface area contributed by atoms with Crippen LogP contribution in [0.3, 0.4) is 0 Å². The second kappa shape index (κ2) is 7.60. The van der Waals surface area contributed by atoms with Crippen molar-refractivity contribution in [3.05, 3.63) is 79.0 Å². The molecule has 9 heteroatoms. The maximum atomic E-state index is 12.4. The second-order valence-corrected chi connectivity index (χ2v) is 6.87. The Morgan fingerprint density at radius 2 is 1.81 bits per heavy atom. The van der Waals surface area contributed by atoms with Crippen LogP contribution in [0.2, 0.25) is 15.1 Å². The molecule has 0 unspecified atom stereocenters. The van der Waals surface area contributed by atoms with E-state index in [2.05, 4.69) is 5.32 Å². The van der Waals surface area contributed by atoms with E-state index in [0.717, 1.165) is 0 Å². The van der Waals surface area contributed by atoms with Gasteiger partial charge in [0.25, 0.3) is 11.6 Å². The lowest BCUT2D eigenvalue weighted by Crippen LogP contribution is -2.12. The molecule has 3 rings (SSSR count). The van der Waals surface area contributed by atoms with Gasteiger partial charge in [-0.3, -0.25) is 14.9 Å². The van der Waals surface area contributed by atoms with E-state index in [-0.39, 0.29) is 16.5 Å². The summed E-state index contributed by atoms with van der Waals surface area (Å²) in [6.45, 7) is 1.62. The van der Waals surface area contributed by atoms with Crippen LogP contribution in [0.4, 0.5) is 11.4 Å². The summed E-state index contributed by atoms with van der Waals surface area (Å²) in [6, 6.07) is 10.6. The van der Waals surface area contributed by atoms with Gasteiger partial charge in [-0.25, -0.2) is 0 Å². The molecule has 0 atom stereocenters. The predicted molar refractivity (Wildman–Crippen MR) is 105 cm³/mol. The number of benzene rings is 2. The number of carbonyl (C=O) groups is 1. The average molecular weight is 426 g/mol. The molecule has 0 fully saturated rings. The van der Waals surface area contributed by atoms with E-state index in [9.17, 15) is 14.9 Å². The van der Waals surface area contributed by atoms with Crippen molar-refractivity contribution in [2.45, 2.75) is 6.92 Å². The topological polar surface area (TPSA) is 85.4 Å². The number of furan rings is 1. The Kier molecular flexibility index (Phi) is 5.41. The zero-order valence-corrected chi connectivity index (χ0v) is 16.0. The molecule has 6 nitrogen and oxygen atoms in total. The number of nitrogens with zero attached hydrogens (tertiary/aromatic N) is 1. The minimum absolute atomic E-state index is 0.0462. The molecule has 1 amide bonds. The first-order valence-electron chi connectivity index (χ1n) is 7.57. The number of halogens is 3. The molecule has 0 aliphatic rings. The van der Waals surface area contributed by atoms with E-state index < -0.39 is 10.8 Å². The Labute approximate surface area is 168 Å². The van der Waals surface area contributed by atoms with Crippen LogP contribution < -0.4 is 5.32 Å². The summed E-state index contributed by atoms with van der Waals surface area (Å²) in [5.74, 6) is -0.0791. The molecule has 27 heavy (non-hydrogen) atoms. The number of hydrogen-bond acceptors (Lipinski definition) is 4. The maximum Gasteiger partial charge on any atom is 0.291 e. The quantitative estimate of drug-likeness (QED) is 0.388. The van der Waals surface area contributed by atoms with Crippen LogP contribution >= 0.6 is 34.8 Å². The summed E-state index contributed by atoms with van der Waals surface area (Å²) in [6.07, 6.45) is 0. The van der Waals surface area contributed by atoms with Crippen molar-refractivity contribution in [2.75, 3.05) is 5.32 Å². The minimum Gasteiger partial charge on any atom is -0.451 e. The van der Waals surface area contributed by atoms with Gasteiger partial charge in [-0.1, -0.05) is 34.8 Å². The molecule has 0 saturated carbocycles. The van der Waals surface area contributed by atoms with Gasteiger partial charge in [-0.2, -0.15) is 0 Å². The van der Waals surface area contributed by atoms with Crippen molar-refractivity contribution < 1.29 is 14.1 Å². The summed E-state index contributed by atoms with van der Waals surface area (Å²) < 4.78 is 5.58. The molecular weight excluding hydrogens is 415 g/mol. The molecule has 2 aromatic carbocycles. The fraction of sp³-hybridized carbons (Fsp3) is 0.0556. The van der Waals surface area contributed by atoms with Gasteiger partial charge in [0.2, 0.25) is 0 Å². The molecule has 0 aliphatic heterocycles. The number of aryl methyl sites for hydroxylation is 1. The summed E-state index contributed by atoms with van der Waals surface area (Å²) >= 11 is 17.9. The van der Waals surface area contributed by atoms with Gasteiger partial charge in [0, 0.05) is 22.3 Å². The van der Waals surface area contributed by atoms with Crippen LogP contribution in [-0.4, -0.2) is 10.8 Å². The average Bonchev–Trinajstić information content (AvgIpc) is 3.07. The number of anilines is 1. The van der Waals surface area contributed by atoms with Crippen molar-refractivity contribution in [1.82, 2.24) is 0 Å².